The first kappa shape index (κ1) is 8.29. The second-order valence-corrected chi connectivity index (χ2v) is 3.09. The van der Waals surface area contributed by atoms with Crippen LogP contribution in [-0.4, -0.2) is 30.2 Å². The molecule has 1 fully saturated rings. The minimum Gasteiger partial charge on any atom is -0.481 e. The van der Waals surface area contributed by atoms with Crippen molar-refractivity contribution in [1.29, 1.82) is 0 Å². The first-order chi connectivity index (χ1) is 6.40. The number of hydrogen-bond donors (Lipinski definition) is 0. The van der Waals surface area contributed by atoms with E-state index in [2.05, 4.69) is 14.9 Å². The van der Waals surface area contributed by atoms with E-state index < -0.39 is 0 Å². The Balaban J connectivity index is 2.18. The summed E-state index contributed by atoms with van der Waals surface area (Å²) in [6.45, 7) is 2.13. The molecule has 0 spiro atoms. The van der Waals surface area contributed by atoms with E-state index in [1.807, 2.05) is 0 Å². The minimum atomic E-state index is 0.636. The Kier molecular flexibility index (Phi) is 2.29. The van der Waals surface area contributed by atoms with Gasteiger partial charge >= 0.3 is 0 Å². The molecular formula is C9H13N3O. The third-order valence-corrected chi connectivity index (χ3v) is 2.22. The van der Waals surface area contributed by atoms with Gasteiger partial charge in [-0.2, -0.15) is 4.98 Å². The summed E-state index contributed by atoms with van der Waals surface area (Å²) in [5, 5.41) is 0. The lowest BCUT2D eigenvalue weighted by Crippen LogP contribution is -2.20. The molecule has 0 saturated carbocycles. The van der Waals surface area contributed by atoms with E-state index >= 15 is 0 Å². The number of ether oxygens (including phenoxy) is 1. The fourth-order valence-electron chi connectivity index (χ4n) is 1.52. The van der Waals surface area contributed by atoms with Gasteiger partial charge in [-0.3, -0.25) is 0 Å². The number of aromatic nitrogens is 2. The molecule has 0 bridgehead atoms. The predicted octanol–water partition coefficient (Wildman–Crippen LogP) is 1.09. The zero-order valence-corrected chi connectivity index (χ0v) is 7.73. The maximum absolute atomic E-state index is 5.04. The molecule has 0 radical (unpaired) electrons. The molecule has 2 heterocycles. The van der Waals surface area contributed by atoms with Crippen molar-refractivity contribution in [3.05, 3.63) is 12.3 Å². The zero-order valence-electron chi connectivity index (χ0n) is 7.73. The molecule has 2 rings (SSSR count). The van der Waals surface area contributed by atoms with Gasteiger partial charge in [0, 0.05) is 25.4 Å². The van der Waals surface area contributed by atoms with Crippen LogP contribution in [0.5, 0.6) is 5.88 Å². The highest BCUT2D eigenvalue weighted by atomic mass is 16.5. The molecule has 0 aliphatic carbocycles. The molecule has 1 aliphatic heterocycles. The number of rotatable bonds is 2. The lowest BCUT2D eigenvalue weighted by Gasteiger charge is -2.14. The highest BCUT2D eigenvalue weighted by Crippen LogP contribution is 2.17. The first-order valence-corrected chi connectivity index (χ1v) is 4.52. The highest BCUT2D eigenvalue weighted by Gasteiger charge is 2.14. The first-order valence-electron chi connectivity index (χ1n) is 4.52. The molecule has 0 atom stereocenters. The lowest BCUT2D eigenvalue weighted by molar-refractivity contribution is 0.397. The molecule has 70 valence electrons. The second kappa shape index (κ2) is 3.60. The fourth-order valence-corrected chi connectivity index (χ4v) is 1.52. The monoisotopic (exact) mass is 179 g/mol. The molecular weight excluding hydrogens is 166 g/mol. The SMILES string of the molecule is COc1ccnc(N2CCCC2)n1. The van der Waals surface area contributed by atoms with Gasteiger partial charge in [0.1, 0.15) is 0 Å². The minimum absolute atomic E-state index is 0.636. The van der Waals surface area contributed by atoms with Gasteiger partial charge in [-0.05, 0) is 12.8 Å². The van der Waals surface area contributed by atoms with Gasteiger partial charge in [0.2, 0.25) is 11.8 Å². The standard InChI is InChI=1S/C9H13N3O/c1-13-8-4-5-10-9(11-8)12-6-2-3-7-12/h4-5H,2-3,6-7H2,1H3. The van der Waals surface area contributed by atoms with Crippen LogP contribution in [0, 0.1) is 0 Å². The van der Waals surface area contributed by atoms with Crippen molar-refractivity contribution in [3.63, 3.8) is 0 Å². The Morgan fingerprint density at radius 2 is 2.15 bits per heavy atom. The normalized spacial score (nSPS) is 16.2. The van der Waals surface area contributed by atoms with Crippen LogP contribution in [0.2, 0.25) is 0 Å². The van der Waals surface area contributed by atoms with E-state index in [4.69, 9.17) is 4.74 Å². The van der Waals surface area contributed by atoms with Crippen LogP contribution in [-0.2, 0) is 0 Å². The summed E-state index contributed by atoms with van der Waals surface area (Å²) >= 11 is 0. The summed E-state index contributed by atoms with van der Waals surface area (Å²) in [4.78, 5) is 10.7. The van der Waals surface area contributed by atoms with Gasteiger partial charge in [0.05, 0.1) is 7.11 Å². The summed E-state index contributed by atoms with van der Waals surface area (Å²) in [5.74, 6) is 1.42. The van der Waals surface area contributed by atoms with Crippen molar-refractivity contribution >= 4 is 5.95 Å². The van der Waals surface area contributed by atoms with E-state index in [0.717, 1.165) is 19.0 Å². The Morgan fingerprint density at radius 1 is 1.38 bits per heavy atom. The van der Waals surface area contributed by atoms with Crippen molar-refractivity contribution in [3.8, 4) is 5.88 Å². The molecule has 1 aromatic rings. The van der Waals surface area contributed by atoms with Gasteiger partial charge < -0.3 is 9.64 Å². The average molecular weight is 179 g/mol. The second-order valence-electron chi connectivity index (χ2n) is 3.09. The van der Waals surface area contributed by atoms with Crippen LogP contribution in [0.1, 0.15) is 12.8 Å². The molecule has 0 unspecified atom stereocenters. The number of nitrogens with zero attached hydrogens (tertiary/aromatic N) is 3. The molecule has 4 nitrogen and oxygen atoms in total. The third-order valence-electron chi connectivity index (χ3n) is 2.22. The van der Waals surface area contributed by atoms with Gasteiger partial charge in [0.15, 0.2) is 0 Å². The van der Waals surface area contributed by atoms with Crippen LogP contribution in [0.15, 0.2) is 12.3 Å². The zero-order chi connectivity index (χ0) is 9.10. The molecule has 4 heteroatoms. The molecule has 0 aromatic carbocycles. The Hall–Kier alpha value is -1.32. The van der Waals surface area contributed by atoms with E-state index in [9.17, 15) is 0 Å². The molecule has 1 aromatic heterocycles. The van der Waals surface area contributed by atoms with Crippen molar-refractivity contribution in [1.82, 2.24) is 9.97 Å². The molecule has 0 N–H and O–H groups in total. The van der Waals surface area contributed by atoms with Gasteiger partial charge in [0.25, 0.3) is 0 Å². The van der Waals surface area contributed by atoms with Crippen LogP contribution in [0.3, 0.4) is 0 Å². The number of hydrogen-bond acceptors (Lipinski definition) is 4. The molecule has 1 saturated heterocycles. The summed E-state index contributed by atoms with van der Waals surface area (Å²) in [6.07, 6.45) is 4.21. The van der Waals surface area contributed by atoms with Crippen LogP contribution in [0.25, 0.3) is 0 Å². The van der Waals surface area contributed by atoms with Crippen LogP contribution in [0.4, 0.5) is 5.95 Å². The summed E-state index contributed by atoms with van der Waals surface area (Å²) in [7, 11) is 1.62. The third kappa shape index (κ3) is 1.71. The topological polar surface area (TPSA) is 38.2 Å². The summed E-state index contributed by atoms with van der Waals surface area (Å²) < 4.78 is 5.04. The van der Waals surface area contributed by atoms with Crippen LogP contribution < -0.4 is 9.64 Å². The van der Waals surface area contributed by atoms with E-state index in [-0.39, 0.29) is 0 Å². The lowest BCUT2D eigenvalue weighted by atomic mass is 10.4. The molecule has 0 amide bonds. The summed E-state index contributed by atoms with van der Waals surface area (Å²) in [5.41, 5.74) is 0. The van der Waals surface area contributed by atoms with Gasteiger partial charge in [-0.1, -0.05) is 0 Å². The quantitative estimate of drug-likeness (QED) is 0.681. The average Bonchev–Trinajstić information content (AvgIpc) is 2.71. The maximum atomic E-state index is 5.04. The predicted molar refractivity (Wildman–Crippen MR) is 50.0 cm³/mol. The molecule has 13 heavy (non-hydrogen) atoms. The van der Waals surface area contributed by atoms with Gasteiger partial charge in [-0.25, -0.2) is 4.98 Å². The van der Waals surface area contributed by atoms with Crippen LogP contribution >= 0.6 is 0 Å². The number of anilines is 1. The van der Waals surface area contributed by atoms with E-state index in [1.54, 1.807) is 19.4 Å². The highest BCUT2D eigenvalue weighted by molar-refractivity contribution is 5.32. The van der Waals surface area contributed by atoms with Crippen molar-refractivity contribution < 1.29 is 4.74 Å². The maximum Gasteiger partial charge on any atom is 0.228 e. The Bertz CT molecular complexity index is 284. The van der Waals surface area contributed by atoms with Gasteiger partial charge in [-0.15, -0.1) is 0 Å². The smallest absolute Gasteiger partial charge is 0.228 e. The number of methoxy groups -OCH3 is 1. The van der Waals surface area contributed by atoms with E-state index in [0.29, 0.717) is 5.88 Å². The summed E-state index contributed by atoms with van der Waals surface area (Å²) in [6, 6.07) is 1.76. The Labute approximate surface area is 77.6 Å². The molecule has 1 aliphatic rings. The fraction of sp³-hybridized carbons (Fsp3) is 0.556. The van der Waals surface area contributed by atoms with Crippen molar-refractivity contribution in [2.75, 3.05) is 25.1 Å². The van der Waals surface area contributed by atoms with Crippen molar-refractivity contribution in [2.45, 2.75) is 12.8 Å². The van der Waals surface area contributed by atoms with Crippen molar-refractivity contribution in [2.24, 2.45) is 0 Å². The Morgan fingerprint density at radius 3 is 2.85 bits per heavy atom. The largest absolute Gasteiger partial charge is 0.481 e. The van der Waals surface area contributed by atoms with E-state index in [1.165, 1.54) is 12.8 Å².